The maximum absolute atomic E-state index is 12.2. The third-order valence-electron chi connectivity index (χ3n) is 3.92. The Balaban J connectivity index is 0.00000225. The summed E-state index contributed by atoms with van der Waals surface area (Å²) in [5.74, 6) is 0.510. The maximum atomic E-state index is 12.2. The Morgan fingerprint density at radius 1 is 1.24 bits per heavy atom. The fourth-order valence-electron chi connectivity index (χ4n) is 2.40. The van der Waals surface area contributed by atoms with E-state index in [2.05, 4.69) is 10.1 Å². The third-order valence-corrected chi connectivity index (χ3v) is 5.05. The van der Waals surface area contributed by atoms with Crippen molar-refractivity contribution in [2.45, 2.75) is 25.5 Å². The number of nitrogens with two attached hydrogens (primary N) is 1. The topological polar surface area (TPSA) is 64.3 Å². The lowest BCUT2D eigenvalue weighted by Crippen LogP contribution is -2.38. The Kier molecular flexibility index (Phi) is 6.75. The minimum Gasteiger partial charge on any atom is -0.435 e. The van der Waals surface area contributed by atoms with Gasteiger partial charge >= 0.3 is 6.61 Å². The molecular weight excluding hydrogens is 370 g/mol. The van der Waals surface area contributed by atoms with Crippen molar-refractivity contribution in [2.24, 2.45) is 11.7 Å². The van der Waals surface area contributed by atoms with Gasteiger partial charge in [0.1, 0.15) is 5.75 Å². The first-order valence-corrected chi connectivity index (χ1v) is 8.53. The number of halogens is 3. The van der Waals surface area contributed by atoms with E-state index in [1.807, 2.05) is 6.07 Å². The van der Waals surface area contributed by atoms with Crippen LogP contribution in [0.5, 0.6) is 5.75 Å². The highest BCUT2D eigenvalue weighted by molar-refractivity contribution is 7.17. The van der Waals surface area contributed by atoms with Gasteiger partial charge in [0, 0.05) is 17.5 Å². The highest BCUT2D eigenvalue weighted by atomic mass is 35.5. The van der Waals surface area contributed by atoms with E-state index in [-0.39, 0.29) is 30.1 Å². The predicted molar refractivity (Wildman–Crippen MR) is 96.7 cm³/mol. The first-order valence-electron chi connectivity index (χ1n) is 7.72. The van der Waals surface area contributed by atoms with Crippen LogP contribution in [-0.2, 0) is 0 Å². The lowest BCUT2D eigenvalue weighted by molar-refractivity contribution is -0.0498. The Hall–Kier alpha value is -1.70. The smallest absolute Gasteiger partial charge is 0.387 e. The zero-order valence-corrected chi connectivity index (χ0v) is 14.9. The molecule has 0 spiro atoms. The number of amides is 1. The molecule has 3 N–H and O–H groups in total. The second kappa shape index (κ2) is 8.60. The van der Waals surface area contributed by atoms with Gasteiger partial charge in [0.15, 0.2) is 0 Å². The fourth-order valence-corrected chi connectivity index (χ4v) is 3.33. The molecule has 1 saturated carbocycles. The first-order chi connectivity index (χ1) is 11.5. The van der Waals surface area contributed by atoms with Gasteiger partial charge in [0.05, 0.1) is 4.88 Å². The summed E-state index contributed by atoms with van der Waals surface area (Å²) < 4.78 is 28.6. The summed E-state index contributed by atoms with van der Waals surface area (Å²) in [6.45, 7) is -2.36. The minimum atomic E-state index is -2.84. The van der Waals surface area contributed by atoms with Crippen LogP contribution in [-0.4, -0.2) is 25.1 Å². The van der Waals surface area contributed by atoms with E-state index in [4.69, 9.17) is 5.73 Å². The summed E-state index contributed by atoms with van der Waals surface area (Å²) in [4.78, 5) is 13.6. The number of rotatable bonds is 7. The van der Waals surface area contributed by atoms with Gasteiger partial charge in [0.2, 0.25) is 0 Å². The number of thiophene rings is 1. The first kappa shape index (κ1) is 19.6. The SMILES string of the molecule is Cl.NC(CNC(=O)c1ccc(-c2ccc(OC(F)F)cc2)s1)C1CC1. The Morgan fingerprint density at radius 3 is 2.52 bits per heavy atom. The molecule has 0 aliphatic heterocycles. The zero-order chi connectivity index (χ0) is 17.1. The Labute approximate surface area is 154 Å². The number of alkyl halides is 2. The van der Waals surface area contributed by atoms with E-state index in [9.17, 15) is 13.6 Å². The number of hydrogen-bond acceptors (Lipinski definition) is 4. The molecule has 1 aliphatic rings. The highest BCUT2D eigenvalue weighted by Gasteiger charge is 2.28. The lowest BCUT2D eigenvalue weighted by atomic mass is 10.2. The van der Waals surface area contributed by atoms with Gasteiger partial charge < -0.3 is 15.8 Å². The molecule has 2 aromatic rings. The molecule has 1 aromatic heterocycles. The van der Waals surface area contributed by atoms with Crippen molar-refractivity contribution in [3.8, 4) is 16.2 Å². The highest BCUT2D eigenvalue weighted by Crippen LogP contribution is 2.32. The van der Waals surface area contributed by atoms with Gasteiger partial charge in [-0.2, -0.15) is 8.78 Å². The molecule has 1 aromatic carbocycles. The van der Waals surface area contributed by atoms with Crippen LogP contribution in [0.3, 0.4) is 0 Å². The molecule has 3 rings (SSSR count). The van der Waals surface area contributed by atoms with Gasteiger partial charge in [0.25, 0.3) is 5.91 Å². The van der Waals surface area contributed by atoms with Crippen molar-refractivity contribution in [3.63, 3.8) is 0 Å². The minimum absolute atomic E-state index is 0. The number of hydrogen-bond donors (Lipinski definition) is 2. The molecule has 1 atom stereocenters. The second-order valence-electron chi connectivity index (χ2n) is 5.78. The van der Waals surface area contributed by atoms with Gasteiger partial charge in [-0.3, -0.25) is 4.79 Å². The summed E-state index contributed by atoms with van der Waals surface area (Å²) in [5.41, 5.74) is 6.82. The van der Waals surface area contributed by atoms with Crippen LogP contribution in [0.1, 0.15) is 22.5 Å². The van der Waals surface area contributed by atoms with Crippen LogP contribution in [0, 0.1) is 5.92 Å². The van der Waals surface area contributed by atoms with E-state index in [0.717, 1.165) is 23.3 Å². The molecule has 8 heteroatoms. The van der Waals surface area contributed by atoms with Crippen molar-refractivity contribution >= 4 is 29.7 Å². The molecule has 0 bridgehead atoms. The second-order valence-corrected chi connectivity index (χ2v) is 6.86. The van der Waals surface area contributed by atoms with Crippen molar-refractivity contribution in [3.05, 3.63) is 41.3 Å². The summed E-state index contributed by atoms with van der Waals surface area (Å²) in [6.07, 6.45) is 2.29. The molecule has 0 radical (unpaired) electrons. The molecule has 4 nitrogen and oxygen atoms in total. The average Bonchev–Trinajstić information content (AvgIpc) is 3.29. The fraction of sp³-hybridized carbons (Fsp3) is 0.353. The molecular formula is C17H19ClF2N2O2S. The predicted octanol–water partition coefficient (Wildman–Crippen LogP) is 3.91. The van der Waals surface area contributed by atoms with Crippen LogP contribution in [0.15, 0.2) is 36.4 Å². The Bertz CT molecular complexity index is 705. The molecule has 136 valence electrons. The third kappa shape index (κ3) is 5.39. The molecule has 0 saturated heterocycles. The van der Waals surface area contributed by atoms with Crippen LogP contribution in [0.25, 0.3) is 10.4 Å². The van der Waals surface area contributed by atoms with E-state index in [0.29, 0.717) is 17.3 Å². The van der Waals surface area contributed by atoms with Crippen molar-refractivity contribution in [1.82, 2.24) is 5.32 Å². The van der Waals surface area contributed by atoms with Crippen LogP contribution in [0.4, 0.5) is 8.78 Å². The summed E-state index contributed by atoms with van der Waals surface area (Å²) in [7, 11) is 0. The number of benzene rings is 1. The summed E-state index contributed by atoms with van der Waals surface area (Å²) in [6, 6.07) is 9.95. The van der Waals surface area contributed by atoms with Crippen molar-refractivity contribution in [2.75, 3.05) is 6.54 Å². The monoisotopic (exact) mass is 388 g/mol. The number of carbonyl (C=O) groups is 1. The molecule has 1 heterocycles. The lowest BCUT2D eigenvalue weighted by Gasteiger charge is -2.10. The largest absolute Gasteiger partial charge is 0.435 e. The normalized spacial score (nSPS) is 14.7. The maximum Gasteiger partial charge on any atom is 0.387 e. The molecule has 25 heavy (non-hydrogen) atoms. The van der Waals surface area contributed by atoms with Crippen LogP contribution in [0.2, 0.25) is 0 Å². The van der Waals surface area contributed by atoms with Gasteiger partial charge in [-0.1, -0.05) is 0 Å². The van der Waals surface area contributed by atoms with E-state index in [1.165, 1.54) is 23.5 Å². The molecule has 1 aliphatic carbocycles. The number of ether oxygens (including phenoxy) is 1. The van der Waals surface area contributed by atoms with Crippen LogP contribution < -0.4 is 15.8 Å². The van der Waals surface area contributed by atoms with Gasteiger partial charge in [-0.15, -0.1) is 23.7 Å². The van der Waals surface area contributed by atoms with Crippen molar-refractivity contribution < 1.29 is 18.3 Å². The van der Waals surface area contributed by atoms with Gasteiger partial charge in [-0.25, -0.2) is 0 Å². The van der Waals surface area contributed by atoms with Gasteiger partial charge in [-0.05, 0) is 60.7 Å². The quantitative estimate of drug-likeness (QED) is 0.756. The Morgan fingerprint density at radius 2 is 1.92 bits per heavy atom. The standard InChI is InChI=1S/C17H18F2N2O2S.ClH/c18-17(19)23-12-5-3-11(4-6-12)14-7-8-15(24-14)16(22)21-9-13(20)10-1-2-10;/h3-8,10,13,17H,1-2,9,20H2,(H,21,22);1H. The summed E-state index contributed by atoms with van der Waals surface area (Å²) in [5, 5.41) is 2.86. The average molecular weight is 389 g/mol. The molecule has 1 amide bonds. The van der Waals surface area contributed by atoms with E-state index < -0.39 is 6.61 Å². The molecule has 1 fully saturated rings. The number of nitrogens with one attached hydrogen (secondary N) is 1. The summed E-state index contributed by atoms with van der Waals surface area (Å²) >= 11 is 1.35. The zero-order valence-electron chi connectivity index (χ0n) is 13.3. The van der Waals surface area contributed by atoms with E-state index >= 15 is 0 Å². The number of carbonyl (C=O) groups excluding carboxylic acids is 1. The van der Waals surface area contributed by atoms with E-state index in [1.54, 1.807) is 18.2 Å². The molecule has 1 unspecified atom stereocenters. The van der Waals surface area contributed by atoms with Crippen LogP contribution >= 0.6 is 23.7 Å². The van der Waals surface area contributed by atoms with Crippen molar-refractivity contribution in [1.29, 1.82) is 0 Å².